The van der Waals surface area contributed by atoms with Crippen molar-refractivity contribution in [2.75, 3.05) is 6.61 Å². The standard InChI is InChI=1S/C31H39F5N2O2Si/c1-19(10-12-39-41(5,6)30(2,3)4)24-16-29(33)26(23-9-11-37-17-25(23)24)18-38-20-13-22(14-20)40-21-7-8-28(32)27(15-21)31(34,35)36/h7-9,11,15-17,19-20,22,38H,10,12-14,18H2,1-6H3. The minimum absolute atomic E-state index is 0.0184. The van der Waals surface area contributed by atoms with Gasteiger partial charge in [-0.15, -0.1) is 0 Å². The lowest BCUT2D eigenvalue weighted by atomic mass is 9.88. The monoisotopic (exact) mass is 594 g/mol. The van der Waals surface area contributed by atoms with Gasteiger partial charge in [0, 0.05) is 42.5 Å². The number of fused-ring (bicyclic) bond motifs is 1. The Kier molecular flexibility index (Phi) is 9.16. The van der Waals surface area contributed by atoms with Crippen molar-refractivity contribution in [1.29, 1.82) is 0 Å². The summed E-state index contributed by atoms with van der Waals surface area (Å²) in [7, 11) is -1.87. The molecule has 1 saturated carbocycles. The van der Waals surface area contributed by atoms with Crippen LogP contribution in [0.25, 0.3) is 10.8 Å². The molecule has 224 valence electrons. The average molecular weight is 595 g/mol. The van der Waals surface area contributed by atoms with Crippen molar-refractivity contribution >= 4 is 19.1 Å². The molecular formula is C31H39F5N2O2Si. The number of hydrogen-bond donors (Lipinski definition) is 1. The molecule has 1 aliphatic carbocycles. The van der Waals surface area contributed by atoms with Crippen LogP contribution < -0.4 is 10.1 Å². The molecule has 1 N–H and O–H groups in total. The highest BCUT2D eigenvalue weighted by molar-refractivity contribution is 6.74. The largest absolute Gasteiger partial charge is 0.490 e. The van der Waals surface area contributed by atoms with Gasteiger partial charge in [0.1, 0.15) is 23.5 Å². The smallest absolute Gasteiger partial charge is 0.419 e. The molecule has 2 aromatic carbocycles. The van der Waals surface area contributed by atoms with E-state index in [1.54, 1.807) is 18.5 Å². The zero-order chi connectivity index (χ0) is 30.2. The number of aromatic nitrogens is 1. The van der Waals surface area contributed by atoms with Crippen LogP contribution >= 0.6 is 0 Å². The summed E-state index contributed by atoms with van der Waals surface area (Å²) in [5, 5.41) is 5.19. The molecular weight excluding hydrogens is 555 g/mol. The van der Waals surface area contributed by atoms with Crippen molar-refractivity contribution in [3.05, 3.63) is 71.1 Å². The van der Waals surface area contributed by atoms with Crippen LogP contribution in [0, 0.1) is 11.6 Å². The molecule has 0 bridgehead atoms. The fraction of sp³-hybridized carbons (Fsp3) is 0.516. The van der Waals surface area contributed by atoms with Gasteiger partial charge in [0.15, 0.2) is 8.32 Å². The van der Waals surface area contributed by atoms with E-state index in [4.69, 9.17) is 9.16 Å². The van der Waals surface area contributed by atoms with Crippen LogP contribution in [0.3, 0.4) is 0 Å². The molecule has 3 aromatic rings. The van der Waals surface area contributed by atoms with Crippen molar-refractivity contribution in [1.82, 2.24) is 10.3 Å². The number of nitrogens with one attached hydrogen (secondary N) is 1. The van der Waals surface area contributed by atoms with Gasteiger partial charge in [-0.2, -0.15) is 13.2 Å². The first-order valence-electron chi connectivity index (χ1n) is 14.0. The highest BCUT2D eigenvalue weighted by Gasteiger charge is 2.37. The lowest BCUT2D eigenvalue weighted by molar-refractivity contribution is -0.140. The molecule has 1 aromatic heterocycles. The first-order valence-corrected chi connectivity index (χ1v) is 16.9. The first kappa shape index (κ1) is 31.4. The molecule has 1 fully saturated rings. The van der Waals surface area contributed by atoms with Crippen LogP contribution in [0.15, 0.2) is 42.7 Å². The summed E-state index contributed by atoms with van der Waals surface area (Å²) < 4.78 is 80.0. The lowest BCUT2D eigenvalue weighted by Gasteiger charge is -2.36. The number of halogens is 5. The van der Waals surface area contributed by atoms with Gasteiger partial charge in [0.05, 0.1) is 5.56 Å². The molecule has 1 atom stereocenters. The first-order chi connectivity index (χ1) is 19.1. The van der Waals surface area contributed by atoms with E-state index < -0.39 is 25.9 Å². The third-order valence-electron chi connectivity index (χ3n) is 8.59. The molecule has 4 nitrogen and oxygen atoms in total. The Bertz CT molecular complexity index is 1370. The zero-order valence-electron chi connectivity index (χ0n) is 24.5. The van der Waals surface area contributed by atoms with Crippen LogP contribution in [0.2, 0.25) is 18.1 Å². The third-order valence-corrected chi connectivity index (χ3v) is 13.1. The normalized spacial score (nSPS) is 18.8. The predicted molar refractivity (Wildman–Crippen MR) is 154 cm³/mol. The van der Waals surface area contributed by atoms with Crippen LogP contribution in [0.4, 0.5) is 22.0 Å². The van der Waals surface area contributed by atoms with Crippen molar-refractivity contribution in [3.8, 4) is 5.75 Å². The summed E-state index contributed by atoms with van der Waals surface area (Å²) in [4.78, 5) is 4.30. The van der Waals surface area contributed by atoms with E-state index in [0.29, 0.717) is 37.6 Å². The number of pyridine rings is 1. The number of alkyl halides is 3. The van der Waals surface area contributed by atoms with Gasteiger partial charge < -0.3 is 14.5 Å². The molecule has 0 radical (unpaired) electrons. The number of rotatable bonds is 10. The number of nitrogens with zero attached hydrogens (tertiary/aromatic N) is 1. The van der Waals surface area contributed by atoms with E-state index in [0.717, 1.165) is 28.8 Å². The molecule has 0 spiro atoms. The minimum atomic E-state index is -4.79. The summed E-state index contributed by atoms with van der Waals surface area (Å²) in [6.45, 7) is 14.1. The van der Waals surface area contributed by atoms with E-state index in [-0.39, 0.29) is 34.7 Å². The molecule has 4 rings (SSSR count). The summed E-state index contributed by atoms with van der Waals surface area (Å²) in [6.07, 6.45) is 0.208. The van der Waals surface area contributed by atoms with Crippen LogP contribution in [-0.2, 0) is 17.1 Å². The Morgan fingerprint density at radius 2 is 1.73 bits per heavy atom. The van der Waals surface area contributed by atoms with E-state index in [2.05, 4.69) is 51.1 Å². The lowest BCUT2D eigenvalue weighted by Crippen LogP contribution is -2.46. The third kappa shape index (κ3) is 7.27. The van der Waals surface area contributed by atoms with E-state index >= 15 is 4.39 Å². The Morgan fingerprint density at radius 1 is 1.02 bits per heavy atom. The Morgan fingerprint density at radius 3 is 2.39 bits per heavy atom. The van der Waals surface area contributed by atoms with Gasteiger partial charge in [-0.1, -0.05) is 27.7 Å². The summed E-state index contributed by atoms with van der Waals surface area (Å²) in [5.41, 5.74) is 0.109. The Balaban J connectivity index is 1.37. The van der Waals surface area contributed by atoms with Gasteiger partial charge in [-0.3, -0.25) is 4.98 Å². The summed E-state index contributed by atoms with van der Waals surface area (Å²) in [6, 6.07) is 6.11. The zero-order valence-corrected chi connectivity index (χ0v) is 25.5. The van der Waals surface area contributed by atoms with Gasteiger partial charge in [0.2, 0.25) is 0 Å². The van der Waals surface area contributed by atoms with Crippen molar-refractivity contribution in [2.45, 2.75) is 95.9 Å². The number of benzene rings is 2. The minimum Gasteiger partial charge on any atom is -0.490 e. The topological polar surface area (TPSA) is 43.4 Å². The second-order valence-corrected chi connectivity index (χ2v) is 17.4. The van der Waals surface area contributed by atoms with Crippen LogP contribution in [-0.4, -0.2) is 32.1 Å². The van der Waals surface area contributed by atoms with Crippen LogP contribution in [0.5, 0.6) is 5.75 Å². The van der Waals surface area contributed by atoms with Crippen molar-refractivity contribution < 1.29 is 31.1 Å². The molecule has 1 aliphatic rings. The number of hydrogen-bond acceptors (Lipinski definition) is 4. The molecule has 1 unspecified atom stereocenters. The highest BCUT2D eigenvalue weighted by Crippen LogP contribution is 2.38. The Hall–Kier alpha value is -2.56. The molecule has 0 saturated heterocycles. The second-order valence-electron chi connectivity index (χ2n) is 12.6. The maximum atomic E-state index is 15.5. The number of ether oxygens (including phenoxy) is 1. The van der Waals surface area contributed by atoms with E-state index in [1.165, 1.54) is 6.07 Å². The summed E-state index contributed by atoms with van der Waals surface area (Å²) >= 11 is 0. The molecule has 41 heavy (non-hydrogen) atoms. The van der Waals surface area contributed by atoms with Gasteiger partial charge in [-0.25, -0.2) is 8.78 Å². The second kappa shape index (κ2) is 12.0. The fourth-order valence-electron chi connectivity index (χ4n) is 4.83. The molecule has 1 heterocycles. The maximum Gasteiger partial charge on any atom is 0.419 e. The van der Waals surface area contributed by atoms with Crippen molar-refractivity contribution in [3.63, 3.8) is 0 Å². The molecule has 10 heteroatoms. The fourth-order valence-corrected chi connectivity index (χ4v) is 5.89. The summed E-state index contributed by atoms with van der Waals surface area (Å²) in [5.74, 6) is -1.56. The predicted octanol–water partition coefficient (Wildman–Crippen LogP) is 8.75. The van der Waals surface area contributed by atoms with Gasteiger partial charge in [0.25, 0.3) is 0 Å². The van der Waals surface area contributed by atoms with Gasteiger partial charge >= 0.3 is 6.18 Å². The van der Waals surface area contributed by atoms with E-state index in [9.17, 15) is 17.6 Å². The highest BCUT2D eigenvalue weighted by atomic mass is 28.4. The average Bonchev–Trinajstić information content (AvgIpc) is 2.85. The van der Waals surface area contributed by atoms with Crippen LogP contribution in [0.1, 0.15) is 69.6 Å². The Labute approximate surface area is 239 Å². The van der Waals surface area contributed by atoms with Gasteiger partial charge in [-0.05, 0) is 84.6 Å². The molecule has 0 aliphatic heterocycles. The quantitative estimate of drug-likeness (QED) is 0.188. The van der Waals surface area contributed by atoms with E-state index in [1.807, 2.05) is 6.07 Å². The van der Waals surface area contributed by atoms with Crippen molar-refractivity contribution in [2.24, 2.45) is 0 Å². The SMILES string of the molecule is CC(CCO[Si](C)(C)C(C)(C)C)c1cc(F)c(CNC2CC(Oc3ccc(F)c(C(F)(F)F)c3)C2)c2ccncc12. The molecule has 0 amide bonds. The maximum absolute atomic E-state index is 15.5.